The van der Waals surface area contributed by atoms with Crippen LogP contribution in [0.25, 0.3) is 0 Å². The van der Waals surface area contributed by atoms with Gasteiger partial charge >= 0.3 is 0 Å². The molecule has 0 bridgehead atoms. The number of unbranched alkanes of at least 4 members (excludes halogenated alkanes) is 9. The highest BCUT2D eigenvalue weighted by atomic mass is 16.6. The SMILES string of the molecule is CCCCCCCCCCCCc1cc(C)ccc1OCCOCCOCCOCCOCCOCCOCCOCCOCCO. The van der Waals surface area contributed by atoms with E-state index in [0.29, 0.717) is 112 Å². The van der Waals surface area contributed by atoms with Crippen LogP contribution >= 0.6 is 0 Å². The van der Waals surface area contributed by atoms with Crippen molar-refractivity contribution in [3.8, 4) is 5.75 Å². The average molecular weight is 673 g/mol. The summed E-state index contributed by atoms with van der Waals surface area (Å²) >= 11 is 0. The molecule has 1 rings (SSSR count). The first-order valence-electron chi connectivity index (χ1n) is 18.2. The molecule has 1 N–H and O–H groups in total. The number of ether oxygens (including phenoxy) is 9. The molecule has 1 aromatic rings. The van der Waals surface area contributed by atoms with Crippen molar-refractivity contribution in [2.24, 2.45) is 0 Å². The predicted octanol–water partition coefficient (Wildman–Crippen LogP) is 5.96. The summed E-state index contributed by atoms with van der Waals surface area (Å²) in [5, 5.41) is 8.60. The highest BCUT2D eigenvalue weighted by Crippen LogP contribution is 2.23. The van der Waals surface area contributed by atoms with E-state index < -0.39 is 0 Å². The van der Waals surface area contributed by atoms with Gasteiger partial charge in [-0.3, -0.25) is 0 Å². The summed E-state index contributed by atoms with van der Waals surface area (Å²) in [5.41, 5.74) is 2.59. The average Bonchev–Trinajstić information content (AvgIpc) is 3.08. The van der Waals surface area contributed by atoms with Gasteiger partial charge in [-0.05, 0) is 31.4 Å². The van der Waals surface area contributed by atoms with Crippen LogP contribution in [0.15, 0.2) is 18.2 Å². The second kappa shape index (κ2) is 36.0. The zero-order chi connectivity index (χ0) is 33.7. The maximum Gasteiger partial charge on any atom is 0.122 e. The highest BCUT2D eigenvalue weighted by molar-refractivity contribution is 5.37. The molecule has 0 heterocycles. The Balaban J connectivity index is 1.84. The van der Waals surface area contributed by atoms with Crippen LogP contribution in [-0.2, 0) is 44.3 Å². The van der Waals surface area contributed by atoms with Crippen molar-refractivity contribution in [2.45, 2.75) is 84.5 Å². The zero-order valence-corrected chi connectivity index (χ0v) is 29.9. The number of hydrogen-bond donors (Lipinski definition) is 1. The van der Waals surface area contributed by atoms with E-state index in [1.165, 1.54) is 75.3 Å². The Kier molecular flexibility index (Phi) is 33.4. The lowest BCUT2D eigenvalue weighted by Gasteiger charge is -2.13. The van der Waals surface area contributed by atoms with Crippen LogP contribution in [-0.4, -0.2) is 124 Å². The van der Waals surface area contributed by atoms with E-state index in [0.717, 1.165) is 12.2 Å². The molecule has 276 valence electrons. The molecule has 0 amide bonds. The number of rotatable bonds is 38. The minimum absolute atomic E-state index is 0.0298. The fourth-order valence-electron chi connectivity index (χ4n) is 4.76. The van der Waals surface area contributed by atoms with Crippen molar-refractivity contribution in [1.29, 1.82) is 0 Å². The number of benzene rings is 1. The lowest BCUT2D eigenvalue weighted by atomic mass is 10.0. The van der Waals surface area contributed by atoms with Crippen LogP contribution in [0, 0.1) is 6.92 Å². The Morgan fingerprint density at radius 3 is 1.21 bits per heavy atom. The Morgan fingerprint density at radius 1 is 0.447 bits per heavy atom. The van der Waals surface area contributed by atoms with E-state index in [1.54, 1.807) is 0 Å². The van der Waals surface area contributed by atoms with Crippen LogP contribution in [0.5, 0.6) is 5.75 Å². The van der Waals surface area contributed by atoms with Gasteiger partial charge in [-0.25, -0.2) is 0 Å². The topological polar surface area (TPSA) is 103 Å². The molecule has 0 atom stereocenters. The van der Waals surface area contributed by atoms with Gasteiger partial charge in [-0.15, -0.1) is 0 Å². The number of hydrogen-bond acceptors (Lipinski definition) is 10. The zero-order valence-electron chi connectivity index (χ0n) is 29.9. The molecule has 10 nitrogen and oxygen atoms in total. The maximum absolute atomic E-state index is 8.60. The van der Waals surface area contributed by atoms with Crippen molar-refractivity contribution >= 4 is 0 Å². The van der Waals surface area contributed by atoms with Gasteiger partial charge in [0.15, 0.2) is 0 Å². The molecule has 0 fully saturated rings. The molecule has 47 heavy (non-hydrogen) atoms. The first-order valence-corrected chi connectivity index (χ1v) is 18.2. The summed E-state index contributed by atoms with van der Waals surface area (Å²) in [5.74, 6) is 0.988. The molecule has 0 aromatic heterocycles. The summed E-state index contributed by atoms with van der Waals surface area (Å²) in [4.78, 5) is 0. The number of aryl methyl sites for hydroxylation is 2. The van der Waals surface area contributed by atoms with E-state index in [2.05, 4.69) is 32.0 Å². The fourth-order valence-corrected chi connectivity index (χ4v) is 4.76. The lowest BCUT2D eigenvalue weighted by Crippen LogP contribution is -2.15. The van der Waals surface area contributed by atoms with E-state index in [1.807, 2.05) is 0 Å². The van der Waals surface area contributed by atoms with Gasteiger partial charge in [0.1, 0.15) is 12.4 Å². The van der Waals surface area contributed by atoms with Crippen LogP contribution in [0.3, 0.4) is 0 Å². The molecule has 0 aliphatic carbocycles. The largest absolute Gasteiger partial charge is 0.491 e. The first kappa shape index (κ1) is 43.7. The molecule has 10 heteroatoms. The van der Waals surface area contributed by atoms with Gasteiger partial charge in [0.05, 0.1) is 112 Å². The molecule has 0 aliphatic rings. The molecule has 0 saturated heterocycles. The van der Waals surface area contributed by atoms with E-state index >= 15 is 0 Å². The van der Waals surface area contributed by atoms with Gasteiger partial charge in [0.25, 0.3) is 0 Å². The van der Waals surface area contributed by atoms with Crippen molar-refractivity contribution < 1.29 is 47.7 Å². The van der Waals surface area contributed by atoms with Crippen LogP contribution in [0.2, 0.25) is 0 Å². The summed E-state index contributed by atoms with van der Waals surface area (Å²) in [7, 11) is 0. The molecule has 0 radical (unpaired) electrons. The van der Waals surface area contributed by atoms with Crippen LogP contribution < -0.4 is 4.74 Å². The molecule has 0 aliphatic heterocycles. The van der Waals surface area contributed by atoms with Gasteiger partial charge in [-0.1, -0.05) is 82.4 Å². The van der Waals surface area contributed by atoms with Gasteiger partial charge in [0, 0.05) is 0 Å². The fraction of sp³-hybridized carbons (Fsp3) is 0.838. The van der Waals surface area contributed by atoms with E-state index in [4.69, 9.17) is 47.7 Å². The summed E-state index contributed by atoms with van der Waals surface area (Å²) in [6.07, 6.45) is 14.6. The highest BCUT2D eigenvalue weighted by Gasteiger charge is 2.05. The van der Waals surface area contributed by atoms with Crippen LogP contribution in [0.1, 0.15) is 82.3 Å². The van der Waals surface area contributed by atoms with Crippen molar-refractivity contribution in [3.05, 3.63) is 29.3 Å². The predicted molar refractivity (Wildman–Crippen MR) is 186 cm³/mol. The molecular formula is C37H68O10. The Hall–Kier alpha value is -1.34. The minimum atomic E-state index is 0.0298. The molecule has 0 unspecified atom stereocenters. The first-order chi connectivity index (χ1) is 23.3. The van der Waals surface area contributed by atoms with Crippen molar-refractivity contribution in [2.75, 3.05) is 119 Å². The second-order valence-electron chi connectivity index (χ2n) is 11.5. The molecule has 0 saturated carbocycles. The standard InChI is InChI=1S/C37H68O10/c1-3-4-5-6-7-8-9-10-11-12-13-36-34-35(2)14-15-37(36)47-33-32-46-31-30-45-29-28-44-27-26-43-25-24-42-23-22-41-21-20-40-19-18-39-17-16-38/h14-15,34,38H,3-13,16-33H2,1-2H3. The van der Waals surface area contributed by atoms with Gasteiger partial charge in [0.2, 0.25) is 0 Å². The minimum Gasteiger partial charge on any atom is -0.491 e. The van der Waals surface area contributed by atoms with Gasteiger partial charge < -0.3 is 47.7 Å². The molecular weight excluding hydrogens is 604 g/mol. The third-order valence-corrected chi connectivity index (χ3v) is 7.34. The number of aliphatic hydroxyl groups excluding tert-OH is 1. The third kappa shape index (κ3) is 30.5. The van der Waals surface area contributed by atoms with Crippen molar-refractivity contribution in [3.63, 3.8) is 0 Å². The Morgan fingerprint density at radius 2 is 0.809 bits per heavy atom. The Labute approximate surface area is 286 Å². The van der Waals surface area contributed by atoms with Crippen molar-refractivity contribution in [1.82, 2.24) is 0 Å². The summed E-state index contributed by atoms with van der Waals surface area (Å²) < 4.78 is 49.7. The molecule has 1 aromatic carbocycles. The summed E-state index contributed by atoms with van der Waals surface area (Å²) in [6, 6.07) is 6.48. The Bertz CT molecular complexity index is 767. The number of aliphatic hydroxyl groups is 1. The maximum atomic E-state index is 8.60. The van der Waals surface area contributed by atoms with Gasteiger partial charge in [-0.2, -0.15) is 0 Å². The van der Waals surface area contributed by atoms with E-state index in [9.17, 15) is 0 Å². The third-order valence-electron chi connectivity index (χ3n) is 7.34. The second-order valence-corrected chi connectivity index (χ2v) is 11.5. The van der Waals surface area contributed by atoms with Crippen LogP contribution in [0.4, 0.5) is 0 Å². The lowest BCUT2D eigenvalue weighted by molar-refractivity contribution is -0.0242. The normalized spacial score (nSPS) is 11.5. The smallest absolute Gasteiger partial charge is 0.122 e. The quantitative estimate of drug-likeness (QED) is 0.0847. The van der Waals surface area contributed by atoms with E-state index in [-0.39, 0.29) is 6.61 Å². The monoisotopic (exact) mass is 672 g/mol. The molecule has 0 spiro atoms. The summed E-state index contributed by atoms with van der Waals surface area (Å²) in [6.45, 7) is 13.1.